The van der Waals surface area contributed by atoms with Gasteiger partial charge in [-0.3, -0.25) is 0 Å². The maximum absolute atomic E-state index is 10.5. The van der Waals surface area contributed by atoms with Gasteiger partial charge >= 0.3 is 0 Å². The predicted octanol–water partition coefficient (Wildman–Crippen LogP) is 1.61. The van der Waals surface area contributed by atoms with Gasteiger partial charge in [0.1, 0.15) is 5.75 Å². The second-order valence-corrected chi connectivity index (χ2v) is 5.38. The molecule has 0 bridgehead atoms. The van der Waals surface area contributed by atoms with Gasteiger partial charge in [0.25, 0.3) is 0 Å². The molecule has 4 nitrogen and oxygen atoms in total. The number of aryl methyl sites for hydroxylation is 1. The minimum absolute atomic E-state index is 0.296. The Balaban J connectivity index is 2.64. The first-order chi connectivity index (χ1) is 7.99. The molecule has 0 aliphatic heterocycles. The molecular formula is C12H19NO3S. The van der Waals surface area contributed by atoms with E-state index >= 15 is 0 Å². The molecule has 1 unspecified atom stereocenters. The summed E-state index contributed by atoms with van der Waals surface area (Å²) >= 11 is -1.72. The van der Waals surface area contributed by atoms with Gasteiger partial charge in [0.05, 0.1) is 0 Å². The summed E-state index contributed by atoms with van der Waals surface area (Å²) < 4.78 is 19.2. The van der Waals surface area contributed by atoms with Crippen molar-refractivity contribution in [1.82, 2.24) is 4.90 Å². The molecule has 0 saturated carbocycles. The highest BCUT2D eigenvalue weighted by atomic mass is 32.2. The van der Waals surface area contributed by atoms with Gasteiger partial charge in [-0.1, -0.05) is 12.1 Å². The summed E-state index contributed by atoms with van der Waals surface area (Å²) in [6, 6.07) is 5.49. The van der Waals surface area contributed by atoms with E-state index in [-0.39, 0.29) is 0 Å². The SMILES string of the molecule is CN(C)Cc1cc(CCCS(=O)O)ccc1O. The Morgan fingerprint density at radius 2 is 2.06 bits per heavy atom. The molecule has 0 saturated heterocycles. The van der Waals surface area contributed by atoms with Crippen LogP contribution in [0.3, 0.4) is 0 Å². The number of hydrogen-bond donors (Lipinski definition) is 2. The van der Waals surface area contributed by atoms with Crippen molar-refractivity contribution in [3.8, 4) is 5.75 Å². The molecule has 0 heterocycles. The summed E-state index contributed by atoms with van der Waals surface area (Å²) in [7, 11) is 3.89. The predicted molar refractivity (Wildman–Crippen MR) is 69.5 cm³/mol. The van der Waals surface area contributed by atoms with Crippen LogP contribution in [0.1, 0.15) is 17.5 Å². The van der Waals surface area contributed by atoms with Crippen LogP contribution in [0.2, 0.25) is 0 Å². The molecule has 0 spiro atoms. The molecule has 1 aromatic carbocycles. The quantitative estimate of drug-likeness (QED) is 0.760. The van der Waals surface area contributed by atoms with Crippen molar-refractivity contribution < 1.29 is 13.9 Å². The van der Waals surface area contributed by atoms with Gasteiger partial charge in [0.2, 0.25) is 0 Å². The van der Waals surface area contributed by atoms with Crippen LogP contribution in [-0.2, 0) is 24.0 Å². The maximum atomic E-state index is 10.5. The molecule has 1 atom stereocenters. The average Bonchev–Trinajstić information content (AvgIpc) is 2.21. The number of nitrogens with zero attached hydrogens (tertiary/aromatic N) is 1. The summed E-state index contributed by atoms with van der Waals surface area (Å²) in [4.78, 5) is 1.99. The zero-order valence-electron chi connectivity index (χ0n) is 10.2. The maximum Gasteiger partial charge on any atom is 0.152 e. The Bertz CT molecular complexity index is 393. The number of rotatable bonds is 6. The van der Waals surface area contributed by atoms with Crippen molar-refractivity contribution in [2.45, 2.75) is 19.4 Å². The monoisotopic (exact) mass is 257 g/mol. The van der Waals surface area contributed by atoms with Crippen LogP contribution in [0, 0.1) is 0 Å². The highest BCUT2D eigenvalue weighted by molar-refractivity contribution is 7.79. The molecule has 2 N–H and O–H groups in total. The van der Waals surface area contributed by atoms with Crippen LogP contribution in [0.5, 0.6) is 5.75 Å². The summed E-state index contributed by atoms with van der Waals surface area (Å²) in [5.41, 5.74) is 1.97. The van der Waals surface area contributed by atoms with E-state index in [9.17, 15) is 9.32 Å². The lowest BCUT2D eigenvalue weighted by atomic mass is 10.1. The highest BCUT2D eigenvalue weighted by Crippen LogP contribution is 2.20. The van der Waals surface area contributed by atoms with Crippen molar-refractivity contribution in [3.05, 3.63) is 29.3 Å². The minimum atomic E-state index is -1.72. The average molecular weight is 257 g/mol. The fraction of sp³-hybridized carbons (Fsp3) is 0.500. The van der Waals surface area contributed by atoms with Crippen molar-refractivity contribution in [3.63, 3.8) is 0 Å². The van der Waals surface area contributed by atoms with Crippen molar-refractivity contribution in [2.75, 3.05) is 19.8 Å². The zero-order valence-corrected chi connectivity index (χ0v) is 11.0. The van der Waals surface area contributed by atoms with Gasteiger partial charge in [0, 0.05) is 17.9 Å². The number of benzene rings is 1. The normalized spacial score (nSPS) is 12.9. The van der Waals surface area contributed by atoms with Gasteiger partial charge < -0.3 is 14.6 Å². The second kappa shape index (κ2) is 6.74. The highest BCUT2D eigenvalue weighted by Gasteiger charge is 2.04. The molecule has 0 aliphatic rings. The molecular weight excluding hydrogens is 238 g/mol. The van der Waals surface area contributed by atoms with Gasteiger partial charge in [0.15, 0.2) is 11.1 Å². The third-order valence-electron chi connectivity index (χ3n) is 2.41. The van der Waals surface area contributed by atoms with Crippen LogP contribution >= 0.6 is 0 Å². The standard InChI is InChI=1S/C12H19NO3S/c1-13(2)9-11-8-10(5-6-12(11)14)4-3-7-17(15)16/h5-6,8,14H,3-4,7,9H2,1-2H3,(H,15,16). The third kappa shape index (κ3) is 5.30. The lowest BCUT2D eigenvalue weighted by Crippen LogP contribution is -2.11. The lowest BCUT2D eigenvalue weighted by molar-refractivity contribution is 0.385. The smallest absolute Gasteiger partial charge is 0.152 e. The van der Waals surface area contributed by atoms with E-state index in [2.05, 4.69) is 0 Å². The molecule has 5 heteroatoms. The molecule has 96 valence electrons. The fourth-order valence-corrected chi connectivity index (χ4v) is 2.05. The van der Waals surface area contributed by atoms with Gasteiger partial charge in [-0.2, -0.15) is 0 Å². The van der Waals surface area contributed by atoms with E-state index in [0.29, 0.717) is 24.5 Å². The first-order valence-electron chi connectivity index (χ1n) is 5.52. The van der Waals surface area contributed by atoms with E-state index in [1.807, 2.05) is 31.1 Å². The molecule has 0 radical (unpaired) electrons. The van der Waals surface area contributed by atoms with Crippen molar-refractivity contribution >= 4 is 11.1 Å². The van der Waals surface area contributed by atoms with E-state index in [0.717, 1.165) is 17.5 Å². The van der Waals surface area contributed by atoms with Crippen LogP contribution in [0.25, 0.3) is 0 Å². The fourth-order valence-electron chi connectivity index (χ4n) is 1.66. The van der Waals surface area contributed by atoms with Gasteiger partial charge in [-0.25, -0.2) is 4.21 Å². The van der Waals surface area contributed by atoms with E-state index < -0.39 is 11.1 Å². The molecule has 1 rings (SSSR count). The van der Waals surface area contributed by atoms with Crippen LogP contribution in [0.15, 0.2) is 18.2 Å². The Kier molecular flexibility index (Phi) is 5.61. The zero-order chi connectivity index (χ0) is 12.8. The van der Waals surface area contributed by atoms with E-state index in [4.69, 9.17) is 4.55 Å². The Morgan fingerprint density at radius 3 is 2.65 bits per heavy atom. The Hall–Kier alpha value is -0.910. The van der Waals surface area contributed by atoms with E-state index in [1.54, 1.807) is 6.07 Å². The number of aromatic hydroxyl groups is 1. The van der Waals surface area contributed by atoms with E-state index in [1.165, 1.54) is 0 Å². The van der Waals surface area contributed by atoms with Gasteiger partial charge in [-0.05, 0) is 38.6 Å². The number of phenols is 1. The first kappa shape index (κ1) is 14.2. The van der Waals surface area contributed by atoms with Crippen LogP contribution in [0.4, 0.5) is 0 Å². The van der Waals surface area contributed by atoms with Crippen LogP contribution < -0.4 is 0 Å². The first-order valence-corrected chi connectivity index (χ1v) is 6.79. The molecule has 0 amide bonds. The third-order valence-corrected chi connectivity index (χ3v) is 3.05. The topological polar surface area (TPSA) is 60.8 Å². The molecule has 1 aromatic rings. The molecule has 0 fully saturated rings. The number of phenolic OH excluding ortho intramolecular Hbond substituents is 1. The summed E-state index contributed by atoms with van der Waals surface area (Å²) in [5, 5.41) is 9.68. The second-order valence-electron chi connectivity index (χ2n) is 4.33. The van der Waals surface area contributed by atoms with Crippen molar-refractivity contribution in [1.29, 1.82) is 0 Å². The summed E-state index contributed by atoms with van der Waals surface area (Å²) in [6.45, 7) is 0.686. The lowest BCUT2D eigenvalue weighted by Gasteiger charge is -2.12. The number of hydrogen-bond acceptors (Lipinski definition) is 3. The summed E-state index contributed by atoms with van der Waals surface area (Å²) in [5.74, 6) is 0.595. The Labute approximate surface area is 105 Å². The van der Waals surface area contributed by atoms with Gasteiger partial charge in [-0.15, -0.1) is 0 Å². The molecule has 17 heavy (non-hydrogen) atoms. The largest absolute Gasteiger partial charge is 0.508 e. The Morgan fingerprint density at radius 1 is 1.35 bits per heavy atom. The van der Waals surface area contributed by atoms with Crippen molar-refractivity contribution in [2.24, 2.45) is 0 Å². The molecule has 0 aromatic heterocycles. The minimum Gasteiger partial charge on any atom is -0.508 e. The van der Waals surface area contributed by atoms with Crippen LogP contribution in [-0.4, -0.2) is 38.6 Å². The summed E-state index contributed by atoms with van der Waals surface area (Å²) in [6.07, 6.45) is 1.43. The molecule has 0 aliphatic carbocycles.